The fraction of sp³-hybridized carbons (Fsp3) is 0.353. The molecule has 2 rings (SSSR count). The molecule has 22 heavy (non-hydrogen) atoms. The van der Waals surface area contributed by atoms with Crippen molar-refractivity contribution in [1.29, 1.82) is 0 Å². The highest BCUT2D eigenvalue weighted by Gasteiger charge is 2.22. The van der Waals surface area contributed by atoms with Gasteiger partial charge in [0.25, 0.3) is 0 Å². The summed E-state index contributed by atoms with van der Waals surface area (Å²) in [5.74, 6) is -0.969. The first-order chi connectivity index (χ1) is 10.4. The smallest absolute Gasteiger partial charge is 0.346 e. The number of benzene rings is 1. The van der Waals surface area contributed by atoms with Gasteiger partial charge in [0.05, 0.1) is 18.2 Å². The Morgan fingerprint density at radius 1 is 1.14 bits per heavy atom. The van der Waals surface area contributed by atoms with Crippen LogP contribution in [0, 0.1) is 0 Å². The van der Waals surface area contributed by atoms with Crippen LogP contribution in [-0.4, -0.2) is 30.1 Å². The highest BCUT2D eigenvalue weighted by molar-refractivity contribution is 6.04. The van der Waals surface area contributed by atoms with Gasteiger partial charge in [-0.15, -0.1) is 0 Å². The third-order valence-electron chi connectivity index (χ3n) is 3.36. The standard InChI is InChI=1S/C17H19NO4/c1-10(2)15-9-13(12-7-5-6-8-14(12)18-15)17(20)22-11(3)16(19)21-4/h5-11H,1-4H3. The van der Waals surface area contributed by atoms with E-state index in [1.54, 1.807) is 6.07 Å². The number of rotatable bonds is 4. The van der Waals surface area contributed by atoms with Crippen molar-refractivity contribution in [3.63, 3.8) is 0 Å². The van der Waals surface area contributed by atoms with E-state index < -0.39 is 18.0 Å². The van der Waals surface area contributed by atoms with Gasteiger partial charge < -0.3 is 9.47 Å². The maximum atomic E-state index is 12.4. The zero-order valence-electron chi connectivity index (χ0n) is 13.1. The number of carbonyl (C=O) groups is 2. The van der Waals surface area contributed by atoms with E-state index in [2.05, 4.69) is 9.72 Å². The van der Waals surface area contributed by atoms with Crippen LogP contribution < -0.4 is 0 Å². The molecule has 1 aromatic carbocycles. The summed E-state index contributed by atoms with van der Waals surface area (Å²) in [7, 11) is 1.26. The first-order valence-corrected chi connectivity index (χ1v) is 7.12. The number of hydrogen-bond donors (Lipinski definition) is 0. The third-order valence-corrected chi connectivity index (χ3v) is 3.36. The molecule has 0 aliphatic carbocycles. The maximum Gasteiger partial charge on any atom is 0.346 e. The zero-order chi connectivity index (χ0) is 16.3. The minimum atomic E-state index is -0.952. The molecule has 0 saturated heterocycles. The average molecular weight is 301 g/mol. The number of ether oxygens (including phenoxy) is 2. The van der Waals surface area contributed by atoms with Crippen LogP contribution in [-0.2, 0) is 14.3 Å². The van der Waals surface area contributed by atoms with Crippen LogP contribution in [0.2, 0.25) is 0 Å². The Balaban J connectivity index is 2.44. The van der Waals surface area contributed by atoms with Crippen LogP contribution in [0.15, 0.2) is 30.3 Å². The van der Waals surface area contributed by atoms with E-state index in [0.29, 0.717) is 10.9 Å². The lowest BCUT2D eigenvalue weighted by Crippen LogP contribution is -2.25. The highest BCUT2D eigenvalue weighted by Crippen LogP contribution is 2.23. The second-order valence-corrected chi connectivity index (χ2v) is 5.34. The van der Waals surface area contributed by atoms with Crippen molar-refractivity contribution >= 4 is 22.8 Å². The van der Waals surface area contributed by atoms with E-state index >= 15 is 0 Å². The van der Waals surface area contributed by atoms with E-state index in [4.69, 9.17) is 4.74 Å². The lowest BCUT2D eigenvalue weighted by atomic mass is 10.0. The van der Waals surface area contributed by atoms with Crippen molar-refractivity contribution in [1.82, 2.24) is 4.98 Å². The van der Waals surface area contributed by atoms with Gasteiger partial charge in [0, 0.05) is 11.1 Å². The molecule has 5 nitrogen and oxygen atoms in total. The molecule has 0 bridgehead atoms. The predicted molar refractivity (Wildman–Crippen MR) is 82.7 cm³/mol. The number of hydrogen-bond acceptors (Lipinski definition) is 5. The Labute approximate surface area is 129 Å². The summed E-state index contributed by atoms with van der Waals surface area (Å²) in [5, 5.41) is 0.703. The van der Waals surface area contributed by atoms with E-state index in [0.717, 1.165) is 11.2 Å². The lowest BCUT2D eigenvalue weighted by molar-refractivity contribution is -0.149. The predicted octanol–water partition coefficient (Wildman–Crippen LogP) is 3.08. The fourth-order valence-electron chi connectivity index (χ4n) is 2.10. The molecule has 1 aromatic heterocycles. The summed E-state index contributed by atoms with van der Waals surface area (Å²) in [5.41, 5.74) is 1.94. The number of nitrogens with zero attached hydrogens (tertiary/aromatic N) is 1. The van der Waals surface area contributed by atoms with Crippen LogP contribution in [0.1, 0.15) is 42.7 Å². The van der Waals surface area contributed by atoms with Gasteiger partial charge in [-0.2, -0.15) is 0 Å². The summed E-state index contributed by atoms with van der Waals surface area (Å²) in [4.78, 5) is 28.4. The van der Waals surface area contributed by atoms with E-state index in [-0.39, 0.29) is 5.92 Å². The fourth-order valence-corrected chi connectivity index (χ4v) is 2.10. The van der Waals surface area contributed by atoms with Gasteiger partial charge in [0.2, 0.25) is 0 Å². The monoisotopic (exact) mass is 301 g/mol. The first-order valence-electron chi connectivity index (χ1n) is 7.12. The minimum Gasteiger partial charge on any atom is -0.466 e. The Kier molecular flexibility index (Phi) is 4.75. The molecule has 0 saturated carbocycles. The zero-order valence-corrected chi connectivity index (χ0v) is 13.1. The van der Waals surface area contributed by atoms with Crippen LogP contribution >= 0.6 is 0 Å². The van der Waals surface area contributed by atoms with Gasteiger partial charge >= 0.3 is 11.9 Å². The van der Waals surface area contributed by atoms with Crippen molar-refractivity contribution in [2.24, 2.45) is 0 Å². The molecule has 1 unspecified atom stereocenters. The number of esters is 2. The van der Waals surface area contributed by atoms with Crippen molar-refractivity contribution in [2.75, 3.05) is 7.11 Å². The molecule has 1 heterocycles. The van der Waals surface area contributed by atoms with E-state index in [9.17, 15) is 9.59 Å². The maximum absolute atomic E-state index is 12.4. The summed E-state index contributed by atoms with van der Waals surface area (Å²) >= 11 is 0. The number of fused-ring (bicyclic) bond motifs is 1. The molecular weight excluding hydrogens is 282 g/mol. The molecule has 0 aliphatic heterocycles. The van der Waals surface area contributed by atoms with Gasteiger partial charge in [0.15, 0.2) is 6.10 Å². The number of methoxy groups -OCH3 is 1. The molecule has 2 aromatic rings. The average Bonchev–Trinajstić information content (AvgIpc) is 2.52. The number of carbonyl (C=O) groups excluding carboxylic acids is 2. The third kappa shape index (κ3) is 3.24. The van der Waals surface area contributed by atoms with Crippen molar-refractivity contribution in [2.45, 2.75) is 32.8 Å². The summed E-state index contributed by atoms with van der Waals surface area (Å²) < 4.78 is 9.76. The largest absolute Gasteiger partial charge is 0.466 e. The number of aromatic nitrogens is 1. The Bertz CT molecular complexity index is 709. The molecule has 0 aliphatic rings. The van der Waals surface area contributed by atoms with Gasteiger partial charge in [-0.05, 0) is 25.0 Å². The van der Waals surface area contributed by atoms with Gasteiger partial charge in [0.1, 0.15) is 0 Å². The minimum absolute atomic E-state index is 0.175. The summed E-state index contributed by atoms with van der Waals surface area (Å²) in [6.07, 6.45) is -0.952. The topological polar surface area (TPSA) is 65.5 Å². The molecule has 1 atom stereocenters. The quantitative estimate of drug-likeness (QED) is 0.812. The Morgan fingerprint density at radius 3 is 2.45 bits per heavy atom. The second-order valence-electron chi connectivity index (χ2n) is 5.34. The lowest BCUT2D eigenvalue weighted by Gasteiger charge is -2.14. The van der Waals surface area contributed by atoms with Gasteiger partial charge in [-0.25, -0.2) is 9.59 Å². The molecule has 0 N–H and O–H groups in total. The van der Waals surface area contributed by atoms with Crippen molar-refractivity contribution < 1.29 is 19.1 Å². The Morgan fingerprint density at radius 2 is 1.82 bits per heavy atom. The Hall–Kier alpha value is -2.43. The summed E-state index contributed by atoms with van der Waals surface area (Å²) in [6, 6.07) is 9.08. The van der Waals surface area contributed by atoms with Crippen LogP contribution in [0.3, 0.4) is 0 Å². The molecular formula is C17H19NO4. The molecule has 0 radical (unpaired) electrons. The van der Waals surface area contributed by atoms with Crippen molar-refractivity contribution in [3.8, 4) is 0 Å². The van der Waals surface area contributed by atoms with E-state index in [1.807, 2.05) is 38.1 Å². The number of para-hydroxylation sites is 1. The second kappa shape index (κ2) is 6.56. The SMILES string of the molecule is COC(=O)C(C)OC(=O)c1cc(C(C)C)nc2ccccc12. The van der Waals surface area contributed by atoms with Crippen LogP contribution in [0.25, 0.3) is 10.9 Å². The van der Waals surface area contributed by atoms with Crippen LogP contribution in [0.5, 0.6) is 0 Å². The summed E-state index contributed by atoms with van der Waals surface area (Å²) in [6.45, 7) is 5.49. The van der Waals surface area contributed by atoms with E-state index in [1.165, 1.54) is 14.0 Å². The molecule has 0 fully saturated rings. The first kappa shape index (κ1) is 15.9. The van der Waals surface area contributed by atoms with Crippen LogP contribution in [0.4, 0.5) is 0 Å². The van der Waals surface area contributed by atoms with Gasteiger partial charge in [-0.3, -0.25) is 4.98 Å². The normalized spacial score (nSPS) is 12.2. The van der Waals surface area contributed by atoms with Gasteiger partial charge in [-0.1, -0.05) is 32.0 Å². The highest BCUT2D eigenvalue weighted by atomic mass is 16.6. The molecule has 5 heteroatoms. The molecule has 0 amide bonds. The molecule has 116 valence electrons. The number of pyridine rings is 1. The van der Waals surface area contributed by atoms with Crippen molar-refractivity contribution in [3.05, 3.63) is 41.6 Å². The molecule has 0 spiro atoms.